The van der Waals surface area contributed by atoms with Gasteiger partial charge in [-0.05, 0) is 25.0 Å². The maximum absolute atomic E-state index is 11.8. The third kappa shape index (κ3) is 3.71. The van der Waals surface area contributed by atoms with E-state index in [2.05, 4.69) is 0 Å². The molecule has 1 fully saturated rings. The zero-order valence-corrected chi connectivity index (χ0v) is 10.7. The van der Waals surface area contributed by atoms with Gasteiger partial charge in [-0.25, -0.2) is 0 Å². The minimum Gasteiger partial charge on any atom is -0.493 e. The van der Waals surface area contributed by atoms with Crippen LogP contribution >= 0.6 is 0 Å². The zero-order chi connectivity index (χ0) is 13.7. The molecule has 0 spiro atoms. The molecule has 5 heteroatoms. The largest absolute Gasteiger partial charge is 0.493 e. The number of ether oxygens (including phenoxy) is 1. The molecule has 1 N–H and O–H groups in total. The van der Waals surface area contributed by atoms with Crippen LogP contribution in [0.4, 0.5) is 5.69 Å². The third-order valence-corrected chi connectivity index (χ3v) is 3.04. The molecule has 1 aliphatic rings. The topological polar surface area (TPSA) is 66.8 Å². The summed E-state index contributed by atoms with van der Waals surface area (Å²) >= 11 is 0. The number of nitrogens with zero attached hydrogens (tertiary/aromatic N) is 1. The summed E-state index contributed by atoms with van der Waals surface area (Å²) in [5.74, 6) is -0.159. The van der Waals surface area contributed by atoms with Crippen LogP contribution in [0, 0.1) is 0 Å². The van der Waals surface area contributed by atoms with E-state index >= 15 is 0 Å². The van der Waals surface area contributed by atoms with Gasteiger partial charge in [-0.15, -0.1) is 0 Å². The van der Waals surface area contributed by atoms with Gasteiger partial charge in [-0.2, -0.15) is 0 Å². The van der Waals surface area contributed by atoms with Crippen LogP contribution in [-0.4, -0.2) is 30.1 Å². The number of benzene rings is 1. The second-order valence-electron chi connectivity index (χ2n) is 4.49. The fraction of sp³-hybridized carbons (Fsp3) is 0.429. The Morgan fingerprint density at radius 3 is 2.95 bits per heavy atom. The third-order valence-electron chi connectivity index (χ3n) is 3.04. The lowest BCUT2D eigenvalue weighted by Crippen LogP contribution is -2.35. The van der Waals surface area contributed by atoms with Gasteiger partial charge >= 0.3 is 5.97 Å². The quantitative estimate of drug-likeness (QED) is 0.883. The van der Waals surface area contributed by atoms with E-state index < -0.39 is 5.97 Å². The van der Waals surface area contributed by atoms with Crippen LogP contribution in [0.2, 0.25) is 0 Å². The van der Waals surface area contributed by atoms with E-state index in [-0.39, 0.29) is 18.9 Å². The lowest BCUT2D eigenvalue weighted by atomic mass is 10.1. The predicted octanol–water partition coefficient (Wildman–Crippen LogP) is 2.06. The molecule has 0 aliphatic carbocycles. The fourth-order valence-corrected chi connectivity index (χ4v) is 2.08. The van der Waals surface area contributed by atoms with E-state index in [0.29, 0.717) is 12.2 Å². The molecule has 0 unspecified atom stereocenters. The van der Waals surface area contributed by atoms with Crippen LogP contribution in [0.15, 0.2) is 24.3 Å². The molecule has 1 aromatic carbocycles. The van der Waals surface area contributed by atoms with Crippen molar-refractivity contribution in [1.29, 1.82) is 0 Å². The normalized spacial score (nSPS) is 15.4. The monoisotopic (exact) mass is 263 g/mol. The molecular weight excluding hydrogens is 246 g/mol. The number of hydrogen-bond acceptors (Lipinski definition) is 3. The highest BCUT2D eigenvalue weighted by Crippen LogP contribution is 2.24. The molecule has 1 aromatic rings. The maximum Gasteiger partial charge on any atom is 0.306 e. The summed E-state index contributed by atoms with van der Waals surface area (Å²) in [6.45, 7) is 0.865. The number of carboxylic acids is 1. The van der Waals surface area contributed by atoms with Crippen molar-refractivity contribution in [1.82, 2.24) is 0 Å². The number of rotatable bonds is 5. The van der Waals surface area contributed by atoms with Crippen LogP contribution in [-0.2, 0) is 9.59 Å². The van der Waals surface area contributed by atoms with Crippen molar-refractivity contribution in [2.45, 2.75) is 25.7 Å². The first-order chi connectivity index (χ1) is 9.16. The van der Waals surface area contributed by atoms with Gasteiger partial charge in [0.25, 0.3) is 0 Å². The Morgan fingerprint density at radius 1 is 1.37 bits per heavy atom. The number of amides is 1. The molecule has 1 heterocycles. The summed E-state index contributed by atoms with van der Waals surface area (Å²) in [6, 6.07) is 7.23. The molecule has 0 aromatic heterocycles. The zero-order valence-electron chi connectivity index (χ0n) is 10.7. The number of carbonyl (C=O) groups excluding carboxylic acids is 1. The number of hydrogen-bond donors (Lipinski definition) is 1. The number of carboxylic acid groups (broad SMARTS) is 1. The van der Waals surface area contributed by atoms with Crippen LogP contribution < -0.4 is 9.64 Å². The SMILES string of the molecule is O=C(O)CCOc1cccc(N2CCCCC2=O)c1. The Bertz CT molecular complexity index is 472. The second kappa shape index (κ2) is 6.22. The Hall–Kier alpha value is -2.04. The lowest BCUT2D eigenvalue weighted by molar-refractivity contribution is -0.137. The second-order valence-corrected chi connectivity index (χ2v) is 4.49. The number of piperidine rings is 1. The molecule has 1 aliphatic heterocycles. The van der Waals surface area contributed by atoms with Crippen molar-refractivity contribution in [2.75, 3.05) is 18.1 Å². The molecule has 0 radical (unpaired) electrons. The lowest BCUT2D eigenvalue weighted by Gasteiger charge is -2.27. The minimum atomic E-state index is -0.887. The van der Waals surface area contributed by atoms with Crippen molar-refractivity contribution in [3.8, 4) is 5.75 Å². The molecule has 5 nitrogen and oxygen atoms in total. The summed E-state index contributed by atoms with van der Waals surface area (Å²) in [5, 5.41) is 8.55. The summed E-state index contributed by atoms with van der Waals surface area (Å²) < 4.78 is 5.36. The van der Waals surface area contributed by atoms with Crippen molar-refractivity contribution in [2.24, 2.45) is 0 Å². The van der Waals surface area contributed by atoms with Gasteiger partial charge in [-0.3, -0.25) is 9.59 Å². The Kier molecular flexibility index (Phi) is 4.39. The molecule has 1 saturated heterocycles. The molecule has 1 amide bonds. The van der Waals surface area contributed by atoms with Gasteiger partial charge in [-0.1, -0.05) is 6.07 Å². The van der Waals surface area contributed by atoms with E-state index in [1.165, 1.54) is 0 Å². The smallest absolute Gasteiger partial charge is 0.306 e. The standard InChI is InChI=1S/C14H17NO4/c16-13-6-1-2-8-15(13)11-4-3-5-12(10-11)19-9-7-14(17)18/h3-5,10H,1-2,6-9H2,(H,17,18). The van der Waals surface area contributed by atoms with Crippen molar-refractivity contribution in [3.05, 3.63) is 24.3 Å². The predicted molar refractivity (Wildman–Crippen MR) is 70.4 cm³/mol. The molecule has 0 bridgehead atoms. The highest BCUT2D eigenvalue weighted by Gasteiger charge is 2.19. The highest BCUT2D eigenvalue weighted by molar-refractivity contribution is 5.94. The first kappa shape index (κ1) is 13.4. The first-order valence-electron chi connectivity index (χ1n) is 6.42. The summed E-state index contributed by atoms with van der Waals surface area (Å²) in [6.07, 6.45) is 2.51. The molecule has 2 rings (SSSR count). The van der Waals surface area contributed by atoms with Crippen molar-refractivity contribution >= 4 is 17.6 Å². The van der Waals surface area contributed by atoms with Gasteiger partial charge in [0.1, 0.15) is 5.75 Å². The summed E-state index contributed by atoms with van der Waals surface area (Å²) in [4.78, 5) is 24.0. The molecular formula is C14H17NO4. The van der Waals surface area contributed by atoms with E-state index in [1.54, 1.807) is 17.0 Å². The average molecular weight is 263 g/mol. The number of carbonyl (C=O) groups is 2. The highest BCUT2D eigenvalue weighted by atomic mass is 16.5. The average Bonchev–Trinajstić information content (AvgIpc) is 2.39. The minimum absolute atomic E-state index is 0.0348. The molecule has 0 atom stereocenters. The van der Waals surface area contributed by atoms with E-state index in [0.717, 1.165) is 25.1 Å². The Labute approximate surface area is 111 Å². The van der Waals surface area contributed by atoms with Gasteiger partial charge in [0.05, 0.1) is 13.0 Å². The van der Waals surface area contributed by atoms with Crippen LogP contribution in [0.3, 0.4) is 0 Å². The summed E-state index contributed by atoms with van der Waals surface area (Å²) in [5.41, 5.74) is 0.817. The van der Waals surface area contributed by atoms with Crippen molar-refractivity contribution in [3.63, 3.8) is 0 Å². The van der Waals surface area contributed by atoms with Gasteiger partial charge in [0, 0.05) is 24.7 Å². The van der Waals surface area contributed by atoms with E-state index in [9.17, 15) is 9.59 Å². The van der Waals surface area contributed by atoms with E-state index in [1.807, 2.05) is 12.1 Å². The Morgan fingerprint density at radius 2 is 2.21 bits per heavy atom. The maximum atomic E-state index is 11.8. The number of aliphatic carboxylic acids is 1. The molecule has 102 valence electrons. The first-order valence-corrected chi connectivity index (χ1v) is 6.42. The molecule has 19 heavy (non-hydrogen) atoms. The van der Waals surface area contributed by atoms with Crippen LogP contribution in [0.25, 0.3) is 0 Å². The Balaban J connectivity index is 2.01. The van der Waals surface area contributed by atoms with Crippen molar-refractivity contribution < 1.29 is 19.4 Å². The molecule has 0 saturated carbocycles. The summed E-state index contributed by atoms with van der Waals surface area (Å²) in [7, 11) is 0. The van der Waals surface area contributed by atoms with Crippen LogP contribution in [0.1, 0.15) is 25.7 Å². The fourth-order valence-electron chi connectivity index (χ4n) is 2.08. The van der Waals surface area contributed by atoms with E-state index in [4.69, 9.17) is 9.84 Å². The van der Waals surface area contributed by atoms with Gasteiger partial charge in [0.2, 0.25) is 5.91 Å². The van der Waals surface area contributed by atoms with Crippen LogP contribution in [0.5, 0.6) is 5.75 Å². The van der Waals surface area contributed by atoms with Gasteiger partial charge < -0.3 is 14.7 Å². The number of anilines is 1. The van der Waals surface area contributed by atoms with Gasteiger partial charge in [0.15, 0.2) is 0 Å².